The molecule has 0 saturated carbocycles. The zero-order valence-corrected chi connectivity index (χ0v) is 12.9. The van der Waals surface area contributed by atoms with Crippen LogP contribution in [0.3, 0.4) is 0 Å². The SMILES string of the molecule is CC(C)(C)C(=O)NSc1ccc(C(C)(C)C)cc1. The molecular weight excluding hydrogens is 242 g/mol. The first-order valence-electron chi connectivity index (χ1n) is 6.18. The Labute approximate surface area is 115 Å². The average molecular weight is 265 g/mol. The lowest BCUT2D eigenvalue weighted by Gasteiger charge is -2.19. The monoisotopic (exact) mass is 265 g/mol. The number of amides is 1. The Morgan fingerprint density at radius 2 is 1.50 bits per heavy atom. The first-order chi connectivity index (χ1) is 8.10. The lowest BCUT2D eigenvalue weighted by molar-refractivity contribution is -0.126. The van der Waals surface area contributed by atoms with Crippen LogP contribution in [0.4, 0.5) is 0 Å². The van der Waals surface area contributed by atoms with Gasteiger partial charge in [-0.15, -0.1) is 0 Å². The van der Waals surface area contributed by atoms with Crippen LogP contribution in [0.15, 0.2) is 29.2 Å². The Balaban J connectivity index is 2.63. The molecule has 0 aliphatic carbocycles. The third-order valence-corrected chi connectivity index (χ3v) is 3.46. The van der Waals surface area contributed by atoms with E-state index in [0.29, 0.717) is 0 Å². The summed E-state index contributed by atoms with van der Waals surface area (Å²) in [6.45, 7) is 12.3. The number of hydrogen-bond donors (Lipinski definition) is 1. The fourth-order valence-electron chi connectivity index (χ4n) is 1.28. The van der Waals surface area contributed by atoms with Crippen LogP contribution < -0.4 is 4.72 Å². The quantitative estimate of drug-likeness (QED) is 0.814. The van der Waals surface area contributed by atoms with E-state index in [2.05, 4.69) is 37.6 Å². The van der Waals surface area contributed by atoms with E-state index < -0.39 is 0 Å². The lowest BCUT2D eigenvalue weighted by atomic mass is 9.87. The number of nitrogens with one attached hydrogen (secondary N) is 1. The molecule has 0 aliphatic rings. The molecule has 18 heavy (non-hydrogen) atoms. The highest BCUT2D eigenvalue weighted by Crippen LogP contribution is 2.25. The van der Waals surface area contributed by atoms with Gasteiger partial charge in [-0.2, -0.15) is 0 Å². The van der Waals surface area contributed by atoms with E-state index in [9.17, 15) is 4.79 Å². The summed E-state index contributed by atoms with van der Waals surface area (Å²) in [4.78, 5) is 12.8. The first kappa shape index (κ1) is 15.1. The van der Waals surface area contributed by atoms with Crippen molar-refractivity contribution >= 4 is 17.9 Å². The molecule has 0 radical (unpaired) electrons. The maximum atomic E-state index is 11.7. The van der Waals surface area contributed by atoms with Gasteiger partial charge in [-0.3, -0.25) is 9.52 Å². The molecule has 0 bridgehead atoms. The van der Waals surface area contributed by atoms with Crippen LogP contribution in [-0.4, -0.2) is 5.91 Å². The van der Waals surface area contributed by atoms with E-state index in [-0.39, 0.29) is 16.7 Å². The predicted octanol–water partition coefficient (Wildman–Crippen LogP) is 4.15. The number of benzene rings is 1. The van der Waals surface area contributed by atoms with Gasteiger partial charge in [-0.05, 0) is 35.1 Å². The molecule has 0 fully saturated rings. The summed E-state index contributed by atoms with van der Waals surface area (Å²) in [6.07, 6.45) is 0. The number of carbonyl (C=O) groups excluding carboxylic acids is 1. The minimum atomic E-state index is -0.349. The van der Waals surface area contributed by atoms with Gasteiger partial charge in [0.1, 0.15) is 0 Å². The van der Waals surface area contributed by atoms with Crippen LogP contribution in [0, 0.1) is 5.41 Å². The highest BCUT2D eigenvalue weighted by atomic mass is 32.2. The molecule has 0 saturated heterocycles. The van der Waals surface area contributed by atoms with Crippen LogP contribution in [-0.2, 0) is 10.2 Å². The summed E-state index contributed by atoms with van der Waals surface area (Å²) in [7, 11) is 0. The van der Waals surface area contributed by atoms with Crippen molar-refractivity contribution < 1.29 is 4.79 Å². The highest BCUT2D eigenvalue weighted by molar-refractivity contribution is 7.98. The largest absolute Gasteiger partial charge is 0.296 e. The van der Waals surface area contributed by atoms with Gasteiger partial charge in [0.2, 0.25) is 5.91 Å². The molecule has 0 heterocycles. The van der Waals surface area contributed by atoms with Crippen molar-refractivity contribution in [1.29, 1.82) is 0 Å². The van der Waals surface area contributed by atoms with Gasteiger partial charge in [-0.25, -0.2) is 0 Å². The molecule has 1 N–H and O–H groups in total. The van der Waals surface area contributed by atoms with Crippen LogP contribution in [0.2, 0.25) is 0 Å². The average Bonchev–Trinajstić information content (AvgIpc) is 2.24. The van der Waals surface area contributed by atoms with Crippen molar-refractivity contribution in [3.05, 3.63) is 29.8 Å². The topological polar surface area (TPSA) is 29.1 Å². The summed E-state index contributed by atoms with van der Waals surface area (Å²) >= 11 is 1.38. The predicted molar refractivity (Wildman–Crippen MR) is 78.6 cm³/mol. The van der Waals surface area contributed by atoms with Crippen molar-refractivity contribution in [3.63, 3.8) is 0 Å². The van der Waals surface area contributed by atoms with E-state index >= 15 is 0 Å². The summed E-state index contributed by atoms with van der Waals surface area (Å²) in [5, 5.41) is 0. The minimum Gasteiger partial charge on any atom is -0.296 e. The Bertz CT molecular complexity index is 410. The number of rotatable bonds is 2. The summed E-state index contributed by atoms with van der Waals surface area (Å²) < 4.78 is 2.87. The molecule has 2 nitrogen and oxygen atoms in total. The smallest absolute Gasteiger partial charge is 0.235 e. The van der Waals surface area contributed by atoms with Gasteiger partial charge in [0.15, 0.2) is 0 Å². The molecule has 0 aromatic heterocycles. The summed E-state index contributed by atoms with van der Waals surface area (Å²) in [5.41, 5.74) is 1.12. The summed E-state index contributed by atoms with van der Waals surface area (Å²) in [5.74, 6) is 0.0485. The Morgan fingerprint density at radius 3 is 1.89 bits per heavy atom. The van der Waals surface area contributed by atoms with E-state index in [1.807, 2.05) is 32.9 Å². The third kappa shape index (κ3) is 4.37. The lowest BCUT2D eigenvalue weighted by Crippen LogP contribution is -2.30. The molecule has 1 aromatic rings. The van der Waals surface area contributed by atoms with E-state index in [1.54, 1.807) is 0 Å². The van der Waals surface area contributed by atoms with Crippen molar-refractivity contribution in [2.24, 2.45) is 5.41 Å². The molecule has 1 rings (SSSR count). The van der Waals surface area contributed by atoms with Crippen molar-refractivity contribution in [3.8, 4) is 0 Å². The first-order valence-corrected chi connectivity index (χ1v) is 7.00. The standard InChI is InChI=1S/C15H23NOS/c1-14(2,3)11-7-9-12(10-8-11)18-16-13(17)15(4,5)6/h7-10H,1-6H3,(H,16,17). The zero-order chi connectivity index (χ0) is 14.0. The van der Waals surface area contributed by atoms with Gasteiger partial charge in [-0.1, -0.05) is 53.7 Å². The zero-order valence-electron chi connectivity index (χ0n) is 12.1. The van der Waals surface area contributed by atoms with Crippen molar-refractivity contribution in [2.75, 3.05) is 0 Å². The molecule has 0 spiro atoms. The van der Waals surface area contributed by atoms with Gasteiger partial charge in [0.05, 0.1) is 0 Å². The van der Waals surface area contributed by atoms with Crippen molar-refractivity contribution in [1.82, 2.24) is 4.72 Å². The minimum absolute atomic E-state index is 0.0485. The molecule has 0 atom stereocenters. The number of carbonyl (C=O) groups is 1. The Hall–Kier alpha value is -0.960. The second-order valence-corrected chi connectivity index (χ2v) is 7.44. The van der Waals surface area contributed by atoms with E-state index in [4.69, 9.17) is 0 Å². The van der Waals surface area contributed by atoms with Crippen LogP contribution in [0.1, 0.15) is 47.1 Å². The fraction of sp³-hybridized carbons (Fsp3) is 0.533. The fourth-order valence-corrected chi connectivity index (χ4v) is 2.07. The Morgan fingerprint density at radius 1 is 1.00 bits per heavy atom. The van der Waals surface area contributed by atoms with Gasteiger partial charge < -0.3 is 0 Å². The van der Waals surface area contributed by atoms with E-state index in [0.717, 1.165) is 4.90 Å². The molecule has 1 amide bonds. The molecule has 100 valence electrons. The molecule has 0 unspecified atom stereocenters. The maximum Gasteiger partial charge on any atom is 0.235 e. The summed E-state index contributed by atoms with van der Waals surface area (Å²) in [6, 6.07) is 8.33. The van der Waals surface area contributed by atoms with Crippen LogP contribution >= 0.6 is 11.9 Å². The highest BCUT2D eigenvalue weighted by Gasteiger charge is 2.21. The van der Waals surface area contributed by atoms with Gasteiger partial charge in [0, 0.05) is 10.3 Å². The second-order valence-electron chi connectivity index (χ2n) is 6.56. The van der Waals surface area contributed by atoms with Gasteiger partial charge >= 0.3 is 0 Å². The molecule has 0 aliphatic heterocycles. The van der Waals surface area contributed by atoms with Gasteiger partial charge in [0.25, 0.3) is 0 Å². The maximum absolute atomic E-state index is 11.7. The van der Waals surface area contributed by atoms with Crippen molar-refractivity contribution in [2.45, 2.75) is 51.9 Å². The second kappa shape index (κ2) is 5.35. The van der Waals surface area contributed by atoms with Crippen LogP contribution in [0.25, 0.3) is 0 Å². The normalized spacial score (nSPS) is 12.3. The van der Waals surface area contributed by atoms with E-state index in [1.165, 1.54) is 17.5 Å². The van der Waals surface area contributed by atoms with Crippen LogP contribution in [0.5, 0.6) is 0 Å². The third-order valence-electron chi connectivity index (χ3n) is 2.66. The molecule has 3 heteroatoms. The Kier molecular flexibility index (Phi) is 4.49. The molecule has 1 aromatic carbocycles. The molecular formula is C15H23NOS. The number of hydrogen-bond acceptors (Lipinski definition) is 2.